The average molecular weight is 525 g/mol. The SMILES string of the molecule is O=C(COc1ccc(-c2nnc(-c3ccccc3)o2)cc1)N1N=C(c2cccs2)CC1c1ccc(F)cc1. The molecule has 6 rings (SSSR count). The Bertz CT molecular complexity index is 1570. The Morgan fingerprint density at radius 3 is 2.32 bits per heavy atom. The molecular formula is C29H21FN4O3S. The van der Waals surface area contributed by atoms with Crippen molar-refractivity contribution in [3.8, 4) is 28.7 Å². The van der Waals surface area contributed by atoms with E-state index in [2.05, 4.69) is 15.3 Å². The lowest BCUT2D eigenvalue weighted by Gasteiger charge is -2.22. The topological polar surface area (TPSA) is 80.8 Å². The third-order valence-electron chi connectivity index (χ3n) is 6.14. The molecule has 1 atom stereocenters. The van der Waals surface area contributed by atoms with Crippen molar-refractivity contribution in [2.75, 3.05) is 6.61 Å². The van der Waals surface area contributed by atoms with Gasteiger partial charge in [-0.15, -0.1) is 21.5 Å². The van der Waals surface area contributed by atoms with E-state index in [9.17, 15) is 9.18 Å². The second-order valence-electron chi connectivity index (χ2n) is 8.63. The summed E-state index contributed by atoms with van der Waals surface area (Å²) in [7, 11) is 0. The zero-order chi connectivity index (χ0) is 25.9. The number of nitrogens with zero attached hydrogens (tertiary/aromatic N) is 4. The maximum Gasteiger partial charge on any atom is 0.281 e. The van der Waals surface area contributed by atoms with Crippen molar-refractivity contribution < 1.29 is 18.3 Å². The molecule has 7 nitrogen and oxygen atoms in total. The van der Waals surface area contributed by atoms with Gasteiger partial charge in [-0.25, -0.2) is 9.40 Å². The van der Waals surface area contributed by atoms with Gasteiger partial charge >= 0.3 is 0 Å². The lowest BCUT2D eigenvalue weighted by molar-refractivity contribution is -0.135. The van der Waals surface area contributed by atoms with Gasteiger partial charge in [-0.3, -0.25) is 4.79 Å². The van der Waals surface area contributed by atoms with Crippen LogP contribution in [0.4, 0.5) is 4.39 Å². The van der Waals surface area contributed by atoms with Gasteiger partial charge in [0.2, 0.25) is 11.8 Å². The summed E-state index contributed by atoms with van der Waals surface area (Å²) < 4.78 is 25.1. The van der Waals surface area contributed by atoms with Crippen LogP contribution in [0, 0.1) is 5.82 Å². The molecule has 1 aliphatic rings. The van der Waals surface area contributed by atoms with E-state index in [0.717, 1.165) is 27.3 Å². The van der Waals surface area contributed by atoms with Crippen LogP contribution in [-0.2, 0) is 4.79 Å². The van der Waals surface area contributed by atoms with Crippen LogP contribution < -0.4 is 4.74 Å². The van der Waals surface area contributed by atoms with Gasteiger partial charge in [0.1, 0.15) is 11.6 Å². The third kappa shape index (κ3) is 4.96. The van der Waals surface area contributed by atoms with Gasteiger partial charge in [0, 0.05) is 17.5 Å². The monoisotopic (exact) mass is 524 g/mol. The van der Waals surface area contributed by atoms with E-state index >= 15 is 0 Å². The summed E-state index contributed by atoms with van der Waals surface area (Å²) in [6.45, 7) is -0.197. The summed E-state index contributed by atoms with van der Waals surface area (Å²) in [6, 6.07) is 26.4. The lowest BCUT2D eigenvalue weighted by atomic mass is 10.0. The Labute approximate surface area is 221 Å². The molecule has 0 bridgehead atoms. The van der Waals surface area contributed by atoms with E-state index in [4.69, 9.17) is 9.15 Å². The van der Waals surface area contributed by atoms with E-state index in [1.807, 2.05) is 47.8 Å². The Hall–Kier alpha value is -4.63. The average Bonchev–Trinajstić information content (AvgIpc) is 3.74. The Kier molecular flexibility index (Phi) is 6.49. The first-order valence-electron chi connectivity index (χ1n) is 11.9. The van der Waals surface area contributed by atoms with Crippen LogP contribution in [0.25, 0.3) is 22.9 Å². The molecule has 38 heavy (non-hydrogen) atoms. The number of hydrogen-bond donors (Lipinski definition) is 0. The van der Waals surface area contributed by atoms with E-state index in [1.54, 1.807) is 47.7 Å². The maximum atomic E-state index is 13.5. The quantitative estimate of drug-likeness (QED) is 0.247. The highest BCUT2D eigenvalue weighted by atomic mass is 32.1. The van der Waals surface area contributed by atoms with Gasteiger partial charge in [0.15, 0.2) is 6.61 Å². The van der Waals surface area contributed by atoms with Crippen molar-refractivity contribution in [3.05, 3.63) is 113 Å². The van der Waals surface area contributed by atoms with Crippen molar-refractivity contribution in [1.82, 2.24) is 15.2 Å². The largest absolute Gasteiger partial charge is 0.484 e. The minimum atomic E-state index is -0.331. The number of thiophene rings is 1. The van der Waals surface area contributed by atoms with E-state index in [1.165, 1.54) is 17.1 Å². The van der Waals surface area contributed by atoms with E-state index in [0.29, 0.717) is 24.0 Å². The highest BCUT2D eigenvalue weighted by Crippen LogP contribution is 2.34. The predicted octanol–water partition coefficient (Wildman–Crippen LogP) is 6.36. The van der Waals surface area contributed by atoms with Crippen molar-refractivity contribution in [3.63, 3.8) is 0 Å². The second kappa shape index (κ2) is 10.4. The summed E-state index contributed by atoms with van der Waals surface area (Å²) in [6.07, 6.45) is 0.543. The molecule has 1 unspecified atom stereocenters. The molecule has 188 valence electrons. The standard InChI is InChI=1S/C29H21FN4O3S/c30-22-12-8-19(9-13-22)25-17-24(26-7-4-16-38-26)33-34(25)27(35)18-36-23-14-10-21(11-15-23)29-32-31-28(37-29)20-5-2-1-3-6-20/h1-16,25H,17-18H2. The summed E-state index contributed by atoms with van der Waals surface area (Å²) >= 11 is 1.57. The molecule has 0 saturated heterocycles. The van der Waals surface area contributed by atoms with Crippen LogP contribution in [0.15, 0.2) is 106 Å². The second-order valence-corrected chi connectivity index (χ2v) is 9.57. The van der Waals surface area contributed by atoms with Gasteiger partial charge < -0.3 is 9.15 Å². The Morgan fingerprint density at radius 1 is 0.921 bits per heavy atom. The first kappa shape index (κ1) is 23.7. The molecular weight excluding hydrogens is 503 g/mol. The summed E-state index contributed by atoms with van der Waals surface area (Å²) in [5.74, 6) is 0.730. The minimum Gasteiger partial charge on any atom is -0.484 e. The molecule has 0 saturated carbocycles. The summed E-state index contributed by atoms with van der Waals surface area (Å²) in [5.41, 5.74) is 3.21. The van der Waals surface area contributed by atoms with E-state index in [-0.39, 0.29) is 24.4 Å². The number of ether oxygens (including phenoxy) is 1. The Balaban J connectivity index is 1.14. The first-order chi connectivity index (χ1) is 18.6. The number of halogens is 1. The number of rotatable bonds is 7. The molecule has 3 heterocycles. The van der Waals surface area contributed by atoms with Gasteiger partial charge in [-0.1, -0.05) is 36.4 Å². The van der Waals surface area contributed by atoms with Gasteiger partial charge in [0.05, 0.1) is 16.6 Å². The molecule has 5 aromatic rings. The zero-order valence-electron chi connectivity index (χ0n) is 20.0. The highest BCUT2D eigenvalue weighted by molar-refractivity contribution is 7.12. The van der Waals surface area contributed by atoms with Crippen molar-refractivity contribution in [2.24, 2.45) is 5.10 Å². The summed E-state index contributed by atoms with van der Waals surface area (Å²) in [4.78, 5) is 14.2. The third-order valence-corrected chi connectivity index (χ3v) is 7.05. The number of hydrazone groups is 1. The molecule has 0 N–H and O–H groups in total. The molecule has 1 amide bonds. The highest BCUT2D eigenvalue weighted by Gasteiger charge is 2.33. The van der Waals surface area contributed by atoms with Crippen LogP contribution in [-0.4, -0.2) is 33.4 Å². The number of benzene rings is 3. The molecule has 0 fully saturated rings. The molecule has 0 spiro atoms. The first-order valence-corrected chi connectivity index (χ1v) is 12.8. The molecule has 3 aromatic carbocycles. The van der Waals surface area contributed by atoms with E-state index < -0.39 is 0 Å². The number of aromatic nitrogens is 2. The van der Waals surface area contributed by atoms with Crippen LogP contribution in [0.2, 0.25) is 0 Å². The fourth-order valence-corrected chi connectivity index (χ4v) is 4.94. The fraction of sp³-hybridized carbons (Fsp3) is 0.103. The number of amides is 1. The summed E-state index contributed by atoms with van der Waals surface area (Å²) in [5, 5.41) is 16.3. The Morgan fingerprint density at radius 2 is 1.63 bits per heavy atom. The van der Waals surface area contributed by atoms with Gasteiger partial charge in [-0.2, -0.15) is 5.10 Å². The molecule has 9 heteroatoms. The molecule has 0 radical (unpaired) electrons. The molecule has 2 aromatic heterocycles. The van der Waals surface area contributed by atoms with Gasteiger partial charge in [0.25, 0.3) is 5.91 Å². The smallest absolute Gasteiger partial charge is 0.281 e. The number of hydrogen-bond acceptors (Lipinski definition) is 7. The van der Waals surface area contributed by atoms with Crippen LogP contribution in [0.3, 0.4) is 0 Å². The lowest BCUT2D eigenvalue weighted by Crippen LogP contribution is -2.31. The molecule has 1 aliphatic heterocycles. The van der Waals surface area contributed by atoms with Crippen molar-refractivity contribution in [2.45, 2.75) is 12.5 Å². The molecule has 0 aliphatic carbocycles. The predicted molar refractivity (Wildman–Crippen MR) is 142 cm³/mol. The normalized spacial score (nSPS) is 14.9. The number of carbonyl (C=O) groups excluding carboxylic acids is 1. The van der Waals surface area contributed by atoms with Gasteiger partial charge in [-0.05, 0) is 65.5 Å². The van der Waals surface area contributed by atoms with Crippen molar-refractivity contribution in [1.29, 1.82) is 0 Å². The maximum absolute atomic E-state index is 13.5. The van der Waals surface area contributed by atoms with Crippen molar-refractivity contribution >= 4 is 23.0 Å². The zero-order valence-corrected chi connectivity index (χ0v) is 20.8. The van der Waals surface area contributed by atoms with Crippen LogP contribution in [0.5, 0.6) is 5.75 Å². The van der Waals surface area contributed by atoms with Crippen LogP contribution in [0.1, 0.15) is 22.9 Å². The number of carbonyl (C=O) groups is 1. The fourth-order valence-electron chi connectivity index (χ4n) is 4.22. The van der Waals surface area contributed by atoms with Crippen LogP contribution >= 0.6 is 11.3 Å². The minimum absolute atomic E-state index is 0.197.